The maximum Gasteiger partial charge on any atom is 0.169 e. The monoisotopic (exact) mass is 184 g/mol. The molecule has 1 N–H and O–H groups in total. The van der Waals surface area contributed by atoms with Crippen LogP contribution >= 0.6 is 12.2 Å². The van der Waals surface area contributed by atoms with Crippen molar-refractivity contribution in [3.8, 4) is 0 Å². The van der Waals surface area contributed by atoms with E-state index in [-0.39, 0.29) is 0 Å². The molecule has 2 aliphatic carbocycles. The number of hydrogen-bond donors (Lipinski definition) is 1. The van der Waals surface area contributed by atoms with Crippen LogP contribution in [0.15, 0.2) is 0 Å². The lowest BCUT2D eigenvalue weighted by molar-refractivity contribution is 0.238. The van der Waals surface area contributed by atoms with Crippen LogP contribution in [0.3, 0.4) is 0 Å². The summed E-state index contributed by atoms with van der Waals surface area (Å²) < 4.78 is 0. The topological polar surface area (TPSA) is 15.3 Å². The van der Waals surface area contributed by atoms with Gasteiger partial charge in [0, 0.05) is 19.1 Å². The van der Waals surface area contributed by atoms with Crippen LogP contribution in [0.1, 0.15) is 32.1 Å². The van der Waals surface area contributed by atoms with Gasteiger partial charge < -0.3 is 10.2 Å². The summed E-state index contributed by atoms with van der Waals surface area (Å²) in [5, 5.41) is 4.32. The molecule has 0 unspecified atom stereocenters. The lowest BCUT2D eigenvalue weighted by Crippen LogP contribution is -2.46. The van der Waals surface area contributed by atoms with Gasteiger partial charge in [-0.15, -0.1) is 0 Å². The van der Waals surface area contributed by atoms with E-state index in [1.165, 1.54) is 32.1 Å². The summed E-state index contributed by atoms with van der Waals surface area (Å²) in [6, 6.07) is 1.42. The summed E-state index contributed by atoms with van der Waals surface area (Å²) in [4.78, 5) is 2.23. The van der Waals surface area contributed by atoms with Crippen molar-refractivity contribution in [2.24, 2.45) is 0 Å². The Bertz CT molecular complexity index is 185. The zero-order chi connectivity index (χ0) is 8.55. The van der Waals surface area contributed by atoms with E-state index >= 15 is 0 Å². The minimum absolute atomic E-state index is 0.694. The molecule has 0 aromatic rings. The van der Waals surface area contributed by atoms with Crippen LogP contribution in [0.5, 0.6) is 0 Å². The van der Waals surface area contributed by atoms with Crippen LogP contribution in [-0.2, 0) is 0 Å². The second kappa shape index (κ2) is 3.21. The molecule has 68 valence electrons. The average Bonchev–Trinajstić information content (AvgIpc) is 2.67. The molecule has 0 heterocycles. The van der Waals surface area contributed by atoms with Crippen molar-refractivity contribution >= 4 is 17.3 Å². The molecule has 0 spiro atoms. The lowest BCUT2D eigenvalue weighted by Gasteiger charge is -2.36. The van der Waals surface area contributed by atoms with E-state index in [0.29, 0.717) is 6.04 Å². The van der Waals surface area contributed by atoms with E-state index < -0.39 is 0 Å². The van der Waals surface area contributed by atoms with Crippen LogP contribution in [0.4, 0.5) is 0 Å². The molecule has 2 rings (SSSR count). The van der Waals surface area contributed by atoms with Gasteiger partial charge in [0.05, 0.1) is 0 Å². The third-order valence-electron chi connectivity index (χ3n) is 2.85. The van der Waals surface area contributed by atoms with Crippen molar-refractivity contribution in [2.45, 2.75) is 44.2 Å². The molecule has 0 aliphatic heterocycles. The Hall–Kier alpha value is -0.310. The van der Waals surface area contributed by atoms with E-state index in [2.05, 4.69) is 17.3 Å². The number of thiocarbonyl (C=S) groups is 1. The SMILES string of the molecule is CN(C(=S)NC1CC1)C1CCC1. The van der Waals surface area contributed by atoms with Gasteiger partial charge in [-0.2, -0.15) is 0 Å². The molecule has 2 saturated carbocycles. The lowest BCUT2D eigenvalue weighted by atomic mass is 9.92. The minimum atomic E-state index is 0.694. The predicted molar refractivity (Wildman–Crippen MR) is 54.2 cm³/mol. The predicted octanol–water partition coefficient (Wildman–Crippen LogP) is 1.51. The highest BCUT2D eigenvalue weighted by Gasteiger charge is 2.27. The first-order valence-corrected chi connectivity index (χ1v) is 5.21. The minimum Gasteiger partial charge on any atom is -0.360 e. The molecule has 12 heavy (non-hydrogen) atoms. The van der Waals surface area contributed by atoms with Gasteiger partial charge in [0.2, 0.25) is 0 Å². The highest BCUT2D eigenvalue weighted by atomic mass is 32.1. The van der Waals surface area contributed by atoms with Gasteiger partial charge in [-0.25, -0.2) is 0 Å². The molecule has 2 nitrogen and oxygen atoms in total. The third-order valence-corrected chi connectivity index (χ3v) is 3.25. The van der Waals surface area contributed by atoms with Crippen LogP contribution in [0.2, 0.25) is 0 Å². The van der Waals surface area contributed by atoms with Crippen molar-refractivity contribution in [2.75, 3.05) is 7.05 Å². The summed E-state index contributed by atoms with van der Waals surface area (Å²) in [7, 11) is 2.11. The molecule has 2 aliphatic rings. The number of hydrogen-bond acceptors (Lipinski definition) is 1. The molecule has 0 aromatic carbocycles. The van der Waals surface area contributed by atoms with Crippen molar-refractivity contribution in [1.29, 1.82) is 0 Å². The van der Waals surface area contributed by atoms with Gasteiger partial charge in [0.1, 0.15) is 0 Å². The Morgan fingerprint density at radius 1 is 1.33 bits per heavy atom. The summed E-state index contributed by atoms with van der Waals surface area (Å²) in [5.41, 5.74) is 0. The maximum atomic E-state index is 5.28. The molecule has 2 fully saturated rings. The highest BCUT2D eigenvalue weighted by Crippen LogP contribution is 2.25. The molecular weight excluding hydrogens is 168 g/mol. The van der Waals surface area contributed by atoms with Crippen molar-refractivity contribution < 1.29 is 0 Å². The van der Waals surface area contributed by atoms with E-state index in [1.54, 1.807) is 0 Å². The van der Waals surface area contributed by atoms with Gasteiger partial charge in [-0.3, -0.25) is 0 Å². The molecule has 0 bridgehead atoms. The van der Waals surface area contributed by atoms with Gasteiger partial charge in [0.15, 0.2) is 5.11 Å². The molecule has 0 atom stereocenters. The van der Waals surface area contributed by atoms with Crippen molar-refractivity contribution in [3.05, 3.63) is 0 Å². The fraction of sp³-hybridized carbons (Fsp3) is 0.889. The summed E-state index contributed by atoms with van der Waals surface area (Å²) in [5.74, 6) is 0. The van der Waals surface area contributed by atoms with Crippen LogP contribution in [-0.4, -0.2) is 29.1 Å². The Morgan fingerprint density at radius 3 is 2.42 bits per heavy atom. The third kappa shape index (κ3) is 1.71. The van der Waals surface area contributed by atoms with Crippen LogP contribution < -0.4 is 5.32 Å². The fourth-order valence-electron chi connectivity index (χ4n) is 1.44. The van der Waals surface area contributed by atoms with Crippen molar-refractivity contribution in [3.63, 3.8) is 0 Å². The molecule has 0 saturated heterocycles. The van der Waals surface area contributed by atoms with Gasteiger partial charge in [-0.1, -0.05) is 0 Å². The first-order chi connectivity index (χ1) is 5.77. The second-order valence-corrected chi connectivity index (χ2v) is 4.31. The smallest absolute Gasteiger partial charge is 0.169 e. The first kappa shape index (κ1) is 8.30. The van der Waals surface area contributed by atoms with E-state index in [1.807, 2.05) is 0 Å². The van der Waals surface area contributed by atoms with Crippen molar-refractivity contribution in [1.82, 2.24) is 10.2 Å². The molecule has 0 amide bonds. The van der Waals surface area contributed by atoms with Gasteiger partial charge >= 0.3 is 0 Å². The highest BCUT2D eigenvalue weighted by molar-refractivity contribution is 7.80. The molecule has 3 heteroatoms. The summed E-state index contributed by atoms with van der Waals surface area (Å²) in [6.45, 7) is 0. The number of rotatable bonds is 2. The first-order valence-electron chi connectivity index (χ1n) is 4.80. The second-order valence-electron chi connectivity index (χ2n) is 3.92. The molecule has 0 radical (unpaired) electrons. The molecular formula is C9H16N2S. The zero-order valence-electron chi connectivity index (χ0n) is 7.55. The Labute approximate surface area is 79.3 Å². The Balaban J connectivity index is 1.76. The normalized spacial score (nSPS) is 23.1. The fourth-order valence-corrected chi connectivity index (χ4v) is 1.76. The summed E-state index contributed by atoms with van der Waals surface area (Å²) >= 11 is 5.28. The van der Waals surface area contributed by atoms with E-state index in [0.717, 1.165) is 11.2 Å². The average molecular weight is 184 g/mol. The number of nitrogens with zero attached hydrogens (tertiary/aromatic N) is 1. The van der Waals surface area contributed by atoms with Gasteiger partial charge in [-0.05, 0) is 44.3 Å². The van der Waals surface area contributed by atoms with Crippen LogP contribution in [0.25, 0.3) is 0 Å². The standard InChI is InChI=1S/C9H16N2S/c1-11(8-3-2-4-8)9(12)10-7-5-6-7/h7-8H,2-6H2,1H3,(H,10,12). The van der Waals surface area contributed by atoms with E-state index in [4.69, 9.17) is 12.2 Å². The quantitative estimate of drug-likeness (QED) is 0.655. The zero-order valence-corrected chi connectivity index (χ0v) is 8.36. The Kier molecular flexibility index (Phi) is 2.22. The summed E-state index contributed by atoms with van der Waals surface area (Å²) in [6.07, 6.45) is 6.63. The van der Waals surface area contributed by atoms with Crippen LogP contribution in [0, 0.1) is 0 Å². The largest absolute Gasteiger partial charge is 0.360 e. The van der Waals surface area contributed by atoms with E-state index in [9.17, 15) is 0 Å². The molecule has 0 aromatic heterocycles. The Morgan fingerprint density at radius 2 is 2.00 bits per heavy atom. The maximum absolute atomic E-state index is 5.28. The van der Waals surface area contributed by atoms with Gasteiger partial charge in [0.25, 0.3) is 0 Å². The number of nitrogens with one attached hydrogen (secondary N) is 1.